The van der Waals surface area contributed by atoms with Crippen molar-refractivity contribution < 1.29 is 0 Å². The summed E-state index contributed by atoms with van der Waals surface area (Å²) in [7, 11) is 0. The van der Waals surface area contributed by atoms with Crippen molar-refractivity contribution in [2.24, 2.45) is 5.41 Å². The van der Waals surface area contributed by atoms with Crippen LogP contribution in [0.3, 0.4) is 0 Å². The van der Waals surface area contributed by atoms with Crippen LogP contribution in [0.4, 0.5) is 0 Å². The van der Waals surface area contributed by atoms with Crippen molar-refractivity contribution in [3.8, 4) is 0 Å². The molecule has 0 aromatic heterocycles. The van der Waals surface area contributed by atoms with Gasteiger partial charge in [0.1, 0.15) is 0 Å². The summed E-state index contributed by atoms with van der Waals surface area (Å²) in [6.07, 6.45) is 0. The van der Waals surface area contributed by atoms with Gasteiger partial charge in [0, 0.05) is 11.0 Å². The van der Waals surface area contributed by atoms with Crippen molar-refractivity contribution in [3.63, 3.8) is 0 Å². The molecule has 0 aromatic carbocycles. The van der Waals surface area contributed by atoms with Gasteiger partial charge in [0.05, 0.1) is 4.08 Å². The van der Waals surface area contributed by atoms with Crippen LogP contribution in [0.2, 0.25) is 0 Å². The van der Waals surface area contributed by atoms with Crippen molar-refractivity contribution in [1.82, 2.24) is 0 Å². The molecular formula is C9H18S2. The van der Waals surface area contributed by atoms with Crippen molar-refractivity contribution in [3.05, 3.63) is 0 Å². The van der Waals surface area contributed by atoms with E-state index in [4.69, 9.17) is 0 Å². The smallest absolute Gasteiger partial charge is 0.0634 e. The third kappa shape index (κ3) is 1.89. The van der Waals surface area contributed by atoms with Crippen LogP contribution in [0.5, 0.6) is 0 Å². The van der Waals surface area contributed by atoms with Gasteiger partial charge in [-0.3, -0.25) is 0 Å². The third-order valence-electron chi connectivity index (χ3n) is 2.38. The van der Waals surface area contributed by atoms with Gasteiger partial charge in [-0.15, -0.1) is 23.5 Å². The predicted octanol–water partition coefficient (Wildman–Crippen LogP) is 3.62. The van der Waals surface area contributed by atoms with E-state index in [-0.39, 0.29) is 0 Å². The minimum Gasteiger partial charge on any atom is -0.143 e. The van der Waals surface area contributed by atoms with E-state index in [0.29, 0.717) is 9.49 Å². The quantitative estimate of drug-likeness (QED) is 0.572. The molecule has 1 aliphatic rings. The summed E-state index contributed by atoms with van der Waals surface area (Å²) in [5.74, 6) is 1.32. The molecule has 0 N–H and O–H groups in total. The van der Waals surface area contributed by atoms with E-state index in [2.05, 4.69) is 58.1 Å². The van der Waals surface area contributed by atoms with Crippen LogP contribution in [-0.4, -0.2) is 15.1 Å². The van der Waals surface area contributed by atoms with E-state index in [9.17, 15) is 0 Å². The van der Waals surface area contributed by atoms with Crippen LogP contribution < -0.4 is 0 Å². The first-order valence-corrected chi connectivity index (χ1v) is 6.03. The fraction of sp³-hybridized carbons (Fsp3) is 1.00. The molecule has 0 spiro atoms. The van der Waals surface area contributed by atoms with Crippen LogP contribution in [0.25, 0.3) is 0 Å². The molecule has 0 bridgehead atoms. The Morgan fingerprint density at radius 3 is 2.09 bits per heavy atom. The first-order chi connectivity index (χ1) is 4.85. The lowest BCUT2D eigenvalue weighted by Crippen LogP contribution is -2.31. The van der Waals surface area contributed by atoms with Crippen LogP contribution >= 0.6 is 23.5 Å². The normalized spacial score (nSPS) is 39.5. The van der Waals surface area contributed by atoms with E-state index >= 15 is 0 Å². The lowest BCUT2D eigenvalue weighted by molar-refractivity contribution is 0.386. The Bertz CT molecular complexity index is 148. The van der Waals surface area contributed by atoms with Crippen LogP contribution in [0.15, 0.2) is 0 Å². The Morgan fingerprint density at radius 1 is 1.36 bits per heavy atom. The summed E-state index contributed by atoms with van der Waals surface area (Å²) in [5.41, 5.74) is 0.424. The molecule has 66 valence electrons. The lowest BCUT2D eigenvalue weighted by Gasteiger charge is -2.37. The first kappa shape index (κ1) is 9.79. The molecule has 2 heteroatoms. The van der Waals surface area contributed by atoms with Gasteiger partial charge in [-0.1, -0.05) is 27.7 Å². The van der Waals surface area contributed by atoms with Gasteiger partial charge in [0.15, 0.2) is 0 Å². The molecule has 0 saturated carbocycles. The van der Waals surface area contributed by atoms with Crippen LogP contribution in [0.1, 0.15) is 34.6 Å². The Balaban J connectivity index is 2.69. The number of hydrogen-bond donors (Lipinski definition) is 0. The molecule has 0 amide bonds. The largest absolute Gasteiger partial charge is 0.143 e. The monoisotopic (exact) mass is 190 g/mol. The van der Waals surface area contributed by atoms with Crippen molar-refractivity contribution in [2.45, 2.75) is 43.9 Å². The summed E-state index contributed by atoms with van der Waals surface area (Å²) in [4.78, 5) is 0. The van der Waals surface area contributed by atoms with Gasteiger partial charge in [0.2, 0.25) is 0 Å². The topological polar surface area (TPSA) is 0 Å². The average molecular weight is 190 g/mol. The summed E-state index contributed by atoms with van der Waals surface area (Å²) < 4.78 is 0.437. The molecule has 0 radical (unpaired) electrons. The molecule has 0 unspecified atom stereocenters. The van der Waals surface area contributed by atoms with Gasteiger partial charge in [-0.2, -0.15) is 0 Å². The number of hydrogen-bond acceptors (Lipinski definition) is 2. The van der Waals surface area contributed by atoms with Crippen molar-refractivity contribution >= 4 is 23.5 Å². The Morgan fingerprint density at radius 2 is 1.91 bits per heavy atom. The molecule has 1 aliphatic heterocycles. The maximum atomic E-state index is 2.38. The Labute approximate surface area is 78.9 Å². The second-order valence-corrected chi connectivity index (χ2v) is 7.99. The molecule has 11 heavy (non-hydrogen) atoms. The maximum Gasteiger partial charge on any atom is 0.0634 e. The summed E-state index contributed by atoms with van der Waals surface area (Å²) >= 11 is 4.26. The minimum atomic E-state index is 0.424. The molecule has 0 nitrogen and oxygen atoms in total. The minimum absolute atomic E-state index is 0.424. The molecule has 1 saturated heterocycles. The van der Waals surface area contributed by atoms with E-state index < -0.39 is 0 Å². The number of rotatable bonds is 0. The summed E-state index contributed by atoms with van der Waals surface area (Å²) in [6, 6.07) is 0. The van der Waals surface area contributed by atoms with E-state index in [1.54, 1.807) is 0 Å². The van der Waals surface area contributed by atoms with E-state index in [1.807, 2.05) is 0 Å². The zero-order valence-electron chi connectivity index (χ0n) is 8.10. The van der Waals surface area contributed by atoms with Crippen LogP contribution in [0, 0.1) is 5.41 Å². The maximum absolute atomic E-state index is 2.38. The highest BCUT2D eigenvalue weighted by Crippen LogP contribution is 2.56. The van der Waals surface area contributed by atoms with E-state index in [1.165, 1.54) is 5.75 Å². The predicted molar refractivity (Wildman–Crippen MR) is 57.4 cm³/mol. The third-order valence-corrected chi connectivity index (χ3v) is 6.70. The SMILES string of the molecule is C[C@H]1CS[C@@](C)(C(C)(C)C)S1. The van der Waals surface area contributed by atoms with Gasteiger partial charge < -0.3 is 0 Å². The fourth-order valence-corrected chi connectivity index (χ4v) is 4.67. The zero-order chi connectivity index (χ0) is 8.70. The highest BCUT2D eigenvalue weighted by atomic mass is 32.2. The average Bonchev–Trinajstić information content (AvgIpc) is 2.10. The van der Waals surface area contributed by atoms with Gasteiger partial charge >= 0.3 is 0 Å². The molecule has 2 atom stereocenters. The van der Waals surface area contributed by atoms with E-state index in [0.717, 1.165) is 5.25 Å². The first-order valence-electron chi connectivity index (χ1n) is 4.17. The van der Waals surface area contributed by atoms with Crippen LogP contribution in [-0.2, 0) is 0 Å². The second kappa shape index (κ2) is 2.88. The molecule has 1 rings (SSSR count). The standard InChI is InChI=1S/C9H18S2/c1-7-6-10-9(5,11-7)8(2,3)4/h7H,6H2,1-5H3/t7-,9+/m0/s1. The summed E-state index contributed by atoms with van der Waals surface area (Å²) in [5, 5.41) is 0.837. The molecule has 1 fully saturated rings. The zero-order valence-corrected chi connectivity index (χ0v) is 9.73. The highest BCUT2D eigenvalue weighted by molar-refractivity contribution is 8.21. The molecule has 1 heterocycles. The Kier molecular flexibility index (Phi) is 2.56. The molecular weight excluding hydrogens is 172 g/mol. The molecule has 0 aromatic rings. The van der Waals surface area contributed by atoms with Crippen molar-refractivity contribution in [2.75, 3.05) is 5.75 Å². The fourth-order valence-electron chi connectivity index (χ4n) is 1.12. The number of thioether (sulfide) groups is 2. The Hall–Kier alpha value is 0.700. The second-order valence-electron chi connectivity index (χ2n) is 4.44. The van der Waals surface area contributed by atoms with Crippen molar-refractivity contribution in [1.29, 1.82) is 0 Å². The lowest BCUT2D eigenvalue weighted by atomic mass is 9.92. The van der Waals surface area contributed by atoms with Gasteiger partial charge in [-0.25, -0.2) is 0 Å². The summed E-state index contributed by atoms with van der Waals surface area (Å²) in [6.45, 7) is 11.7. The van der Waals surface area contributed by atoms with Gasteiger partial charge in [0.25, 0.3) is 0 Å². The highest BCUT2D eigenvalue weighted by Gasteiger charge is 2.43. The molecule has 0 aliphatic carbocycles. The van der Waals surface area contributed by atoms with Gasteiger partial charge in [-0.05, 0) is 12.3 Å².